The first kappa shape index (κ1) is 11.7. The van der Waals surface area contributed by atoms with E-state index in [9.17, 15) is 0 Å². The molecule has 0 atom stereocenters. The van der Waals surface area contributed by atoms with E-state index < -0.39 is 0 Å². The van der Waals surface area contributed by atoms with E-state index in [1.54, 1.807) is 10.9 Å². The van der Waals surface area contributed by atoms with Crippen LogP contribution in [-0.2, 0) is 13.1 Å². The molecule has 2 heterocycles. The minimum absolute atomic E-state index is 0.0592. The van der Waals surface area contributed by atoms with Crippen molar-refractivity contribution < 1.29 is 5.11 Å². The monoisotopic (exact) mass is 258 g/mol. The Morgan fingerprint density at radius 1 is 1.37 bits per heavy atom. The number of hydrogen-bond donors (Lipinski definition) is 3. The number of nitrogens with zero attached hydrogens (tertiary/aromatic N) is 4. The van der Waals surface area contributed by atoms with Gasteiger partial charge in [-0.15, -0.1) is 5.10 Å². The molecule has 0 aliphatic carbocycles. The van der Waals surface area contributed by atoms with Crippen LogP contribution in [0.3, 0.4) is 0 Å². The summed E-state index contributed by atoms with van der Waals surface area (Å²) in [6, 6.07) is 5.96. The topological polar surface area (TPSA) is 91.7 Å². The van der Waals surface area contributed by atoms with Gasteiger partial charge in [-0.05, 0) is 6.07 Å². The zero-order valence-corrected chi connectivity index (χ0v) is 10.2. The fourth-order valence-corrected chi connectivity index (χ4v) is 1.93. The third kappa shape index (κ3) is 2.41. The molecule has 7 nitrogen and oxygen atoms in total. The molecule has 3 N–H and O–H groups in total. The number of aromatic nitrogens is 5. The summed E-state index contributed by atoms with van der Waals surface area (Å²) < 4.78 is 1.62. The van der Waals surface area contributed by atoms with E-state index in [0.717, 1.165) is 22.3 Å². The van der Waals surface area contributed by atoms with Gasteiger partial charge in [0.2, 0.25) is 0 Å². The van der Waals surface area contributed by atoms with Crippen molar-refractivity contribution >= 4 is 16.6 Å². The average molecular weight is 258 g/mol. The van der Waals surface area contributed by atoms with Crippen LogP contribution in [-0.4, -0.2) is 36.9 Å². The molecule has 0 aliphatic rings. The lowest BCUT2D eigenvalue weighted by molar-refractivity contribution is 0.268. The van der Waals surface area contributed by atoms with Crippen molar-refractivity contribution in [1.82, 2.24) is 25.2 Å². The first-order valence-electron chi connectivity index (χ1n) is 6.02. The number of aromatic amines is 1. The first-order valence-corrected chi connectivity index (χ1v) is 6.02. The lowest BCUT2D eigenvalue weighted by Crippen LogP contribution is -2.02. The third-order valence-electron chi connectivity index (χ3n) is 2.85. The second-order valence-corrected chi connectivity index (χ2v) is 4.19. The Hall–Kier alpha value is -2.41. The van der Waals surface area contributed by atoms with Gasteiger partial charge in [0.15, 0.2) is 0 Å². The molecule has 1 aromatic carbocycles. The van der Waals surface area contributed by atoms with Crippen LogP contribution in [0.15, 0.2) is 30.6 Å². The van der Waals surface area contributed by atoms with Gasteiger partial charge in [0.25, 0.3) is 0 Å². The number of benzene rings is 1. The highest BCUT2D eigenvalue weighted by Gasteiger charge is 2.04. The number of nitrogens with one attached hydrogen (secondary N) is 2. The molecule has 0 spiro atoms. The summed E-state index contributed by atoms with van der Waals surface area (Å²) in [6.07, 6.45) is 3.61. The van der Waals surface area contributed by atoms with Crippen LogP contribution in [0.2, 0.25) is 0 Å². The minimum Gasteiger partial charge on any atom is -0.394 e. The van der Waals surface area contributed by atoms with E-state index >= 15 is 0 Å². The van der Waals surface area contributed by atoms with Crippen LogP contribution in [0, 0.1) is 0 Å². The Balaban J connectivity index is 1.73. The van der Waals surface area contributed by atoms with Gasteiger partial charge in [-0.25, -0.2) is 4.68 Å². The number of para-hydroxylation sites is 1. The van der Waals surface area contributed by atoms with Gasteiger partial charge in [-0.1, -0.05) is 17.3 Å². The second kappa shape index (κ2) is 5.07. The number of H-pyrrole nitrogens is 1. The third-order valence-corrected chi connectivity index (χ3v) is 2.85. The van der Waals surface area contributed by atoms with Gasteiger partial charge in [-0.3, -0.25) is 5.10 Å². The smallest absolute Gasteiger partial charge is 0.102 e. The maximum Gasteiger partial charge on any atom is 0.102 e. The van der Waals surface area contributed by atoms with Crippen LogP contribution in [0.5, 0.6) is 0 Å². The summed E-state index contributed by atoms with van der Waals surface area (Å²) in [7, 11) is 0. The number of aliphatic hydroxyl groups is 1. The van der Waals surface area contributed by atoms with Crippen molar-refractivity contribution in [3.63, 3.8) is 0 Å². The van der Waals surface area contributed by atoms with E-state index in [-0.39, 0.29) is 6.61 Å². The summed E-state index contributed by atoms with van der Waals surface area (Å²) in [4.78, 5) is 0. The van der Waals surface area contributed by atoms with Crippen molar-refractivity contribution in [2.45, 2.75) is 13.1 Å². The van der Waals surface area contributed by atoms with E-state index in [4.69, 9.17) is 5.11 Å². The molecular weight excluding hydrogens is 244 g/mol. The molecule has 98 valence electrons. The number of fused-ring (bicyclic) bond motifs is 1. The van der Waals surface area contributed by atoms with Crippen molar-refractivity contribution in [1.29, 1.82) is 0 Å². The quantitative estimate of drug-likeness (QED) is 0.628. The maximum atomic E-state index is 8.82. The summed E-state index contributed by atoms with van der Waals surface area (Å²) in [5, 5.41) is 28.1. The fraction of sp³-hybridized carbons (Fsp3) is 0.250. The van der Waals surface area contributed by atoms with E-state index in [1.165, 1.54) is 0 Å². The molecule has 2 aromatic heterocycles. The molecule has 3 aromatic rings. The molecule has 0 amide bonds. The highest BCUT2D eigenvalue weighted by Crippen LogP contribution is 2.20. The minimum atomic E-state index is 0.0592. The van der Waals surface area contributed by atoms with Gasteiger partial charge in [0.05, 0.1) is 43.3 Å². The predicted molar refractivity (Wildman–Crippen MR) is 70.5 cm³/mol. The molecule has 0 radical (unpaired) electrons. The number of hydrogen-bond acceptors (Lipinski definition) is 5. The molecule has 0 saturated carbocycles. The molecule has 0 unspecified atom stereocenters. The molecule has 3 rings (SSSR count). The van der Waals surface area contributed by atoms with E-state index in [0.29, 0.717) is 13.1 Å². The van der Waals surface area contributed by atoms with Crippen molar-refractivity contribution in [3.8, 4) is 0 Å². The summed E-state index contributed by atoms with van der Waals surface area (Å²) in [5.41, 5.74) is 2.78. The molecule has 0 bridgehead atoms. The SMILES string of the molecule is OCCn1cc(CNc2cccc3cn[nH]c23)nn1. The zero-order chi connectivity index (χ0) is 13.1. The normalized spacial score (nSPS) is 11.0. The predicted octanol–water partition coefficient (Wildman–Crippen LogP) is 0.759. The summed E-state index contributed by atoms with van der Waals surface area (Å²) in [5.74, 6) is 0. The van der Waals surface area contributed by atoms with Crippen LogP contribution < -0.4 is 5.32 Å². The van der Waals surface area contributed by atoms with Gasteiger partial charge in [0, 0.05) is 5.39 Å². The highest BCUT2D eigenvalue weighted by molar-refractivity contribution is 5.89. The summed E-state index contributed by atoms with van der Waals surface area (Å²) >= 11 is 0. The maximum absolute atomic E-state index is 8.82. The fourth-order valence-electron chi connectivity index (χ4n) is 1.93. The van der Waals surface area contributed by atoms with Crippen molar-refractivity contribution in [2.75, 3.05) is 11.9 Å². The molecule has 19 heavy (non-hydrogen) atoms. The van der Waals surface area contributed by atoms with Crippen LogP contribution in [0.25, 0.3) is 10.9 Å². The molecule has 0 fully saturated rings. The number of anilines is 1. The molecule has 0 saturated heterocycles. The summed E-state index contributed by atoms with van der Waals surface area (Å²) in [6.45, 7) is 1.09. The van der Waals surface area contributed by atoms with Gasteiger partial charge >= 0.3 is 0 Å². The second-order valence-electron chi connectivity index (χ2n) is 4.19. The largest absolute Gasteiger partial charge is 0.394 e. The van der Waals surface area contributed by atoms with Crippen LogP contribution >= 0.6 is 0 Å². The first-order chi connectivity index (χ1) is 9.36. The Morgan fingerprint density at radius 2 is 2.32 bits per heavy atom. The molecule has 0 aliphatic heterocycles. The molecular formula is C12H14N6O. The standard InChI is InChI=1S/C12H14N6O/c19-5-4-18-8-10(15-17-18)7-13-11-3-1-2-9-6-14-16-12(9)11/h1-3,6,8,13,19H,4-5,7H2,(H,14,16). The van der Waals surface area contributed by atoms with E-state index in [1.807, 2.05) is 24.4 Å². The zero-order valence-electron chi connectivity index (χ0n) is 10.2. The van der Waals surface area contributed by atoms with E-state index in [2.05, 4.69) is 25.8 Å². The van der Waals surface area contributed by atoms with Crippen LogP contribution in [0.4, 0.5) is 5.69 Å². The Morgan fingerprint density at radius 3 is 3.21 bits per heavy atom. The number of rotatable bonds is 5. The number of aliphatic hydroxyl groups excluding tert-OH is 1. The molecule has 7 heteroatoms. The van der Waals surface area contributed by atoms with Gasteiger partial charge < -0.3 is 10.4 Å². The van der Waals surface area contributed by atoms with Crippen LogP contribution in [0.1, 0.15) is 5.69 Å². The Bertz CT molecular complexity index is 673. The Kier molecular flexibility index (Phi) is 3.11. The average Bonchev–Trinajstić information content (AvgIpc) is 3.05. The van der Waals surface area contributed by atoms with Crippen molar-refractivity contribution in [3.05, 3.63) is 36.3 Å². The van der Waals surface area contributed by atoms with Gasteiger partial charge in [0.1, 0.15) is 5.69 Å². The highest BCUT2D eigenvalue weighted by atomic mass is 16.3. The lowest BCUT2D eigenvalue weighted by Gasteiger charge is -2.04. The van der Waals surface area contributed by atoms with Gasteiger partial charge in [-0.2, -0.15) is 5.10 Å². The van der Waals surface area contributed by atoms with Crippen molar-refractivity contribution in [2.24, 2.45) is 0 Å². The Labute approximate surface area is 109 Å². The lowest BCUT2D eigenvalue weighted by atomic mass is 10.2.